The van der Waals surface area contributed by atoms with E-state index in [4.69, 9.17) is 14.6 Å². The molecule has 0 unspecified atom stereocenters. The molecule has 0 fully saturated rings. The van der Waals surface area contributed by atoms with Crippen molar-refractivity contribution in [2.45, 2.75) is 13.5 Å². The van der Waals surface area contributed by atoms with Gasteiger partial charge in [-0.05, 0) is 24.6 Å². The third-order valence-corrected chi connectivity index (χ3v) is 1.78. The summed E-state index contributed by atoms with van der Waals surface area (Å²) in [6, 6.07) is 3.09. The Bertz CT molecular complexity index is 309. The van der Waals surface area contributed by atoms with Gasteiger partial charge in [0.2, 0.25) is 5.75 Å². The molecule has 0 aromatic heterocycles. The molecule has 2 N–H and O–H groups in total. The number of phenols is 1. The van der Waals surface area contributed by atoms with Crippen LogP contribution in [-0.4, -0.2) is 23.9 Å². The summed E-state index contributed by atoms with van der Waals surface area (Å²) in [5.41, 5.74) is 0.590. The Kier molecular flexibility index (Phi) is 3.59. The van der Waals surface area contributed by atoms with Gasteiger partial charge in [-0.15, -0.1) is 0 Å². The van der Waals surface area contributed by atoms with E-state index in [1.807, 2.05) is 6.92 Å². The van der Waals surface area contributed by atoms with Crippen LogP contribution in [0.25, 0.3) is 0 Å². The molecule has 0 aliphatic rings. The number of methoxy groups -OCH3 is 1. The largest absolute Gasteiger partial charge is 0.504 e. The molecule has 0 radical (unpaired) electrons. The summed E-state index contributed by atoms with van der Waals surface area (Å²) >= 11 is 0. The molecule has 4 heteroatoms. The molecule has 78 valence electrons. The number of hydrogen-bond donors (Lipinski definition) is 2. The molecular formula is C10H14O4. The molecule has 0 saturated carbocycles. The lowest BCUT2D eigenvalue weighted by Crippen LogP contribution is -1.97. The van der Waals surface area contributed by atoms with Crippen molar-refractivity contribution < 1.29 is 19.7 Å². The van der Waals surface area contributed by atoms with Gasteiger partial charge in [-0.2, -0.15) is 0 Å². The topological polar surface area (TPSA) is 58.9 Å². The monoisotopic (exact) mass is 198 g/mol. The summed E-state index contributed by atoms with van der Waals surface area (Å²) in [7, 11) is 1.45. The smallest absolute Gasteiger partial charge is 0.203 e. The van der Waals surface area contributed by atoms with Crippen LogP contribution >= 0.6 is 0 Å². The Hall–Kier alpha value is -1.42. The van der Waals surface area contributed by atoms with Gasteiger partial charge in [0.15, 0.2) is 11.5 Å². The Morgan fingerprint density at radius 3 is 2.57 bits per heavy atom. The van der Waals surface area contributed by atoms with Crippen LogP contribution in [0.4, 0.5) is 0 Å². The SMILES string of the molecule is CCOc1cc(CO)cc(O)c1OC. The van der Waals surface area contributed by atoms with E-state index in [1.54, 1.807) is 6.07 Å². The number of phenolic OH excluding ortho intramolecular Hbond substituents is 1. The molecule has 1 aromatic rings. The first kappa shape index (κ1) is 10.7. The van der Waals surface area contributed by atoms with Crippen LogP contribution in [0.5, 0.6) is 17.2 Å². The van der Waals surface area contributed by atoms with Gasteiger partial charge < -0.3 is 19.7 Å². The van der Waals surface area contributed by atoms with E-state index in [0.717, 1.165) is 0 Å². The van der Waals surface area contributed by atoms with Crippen molar-refractivity contribution in [1.82, 2.24) is 0 Å². The molecule has 0 bridgehead atoms. The van der Waals surface area contributed by atoms with E-state index in [1.165, 1.54) is 13.2 Å². The summed E-state index contributed by atoms with van der Waals surface area (Å²) in [6.07, 6.45) is 0. The van der Waals surface area contributed by atoms with Gasteiger partial charge in [0.05, 0.1) is 20.3 Å². The van der Waals surface area contributed by atoms with E-state index in [2.05, 4.69) is 0 Å². The summed E-state index contributed by atoms with van der Waals surface area (Å²) < 4.78 is 10.2. The minimum Gasteiger partial charge on any atom is -0.504 e. The van der Waals surface area contributed by atoms with Gasteiger partial charge in [-0.3, -0.25) is 0 Å². The van der Waals surface area contributed by atoms with Crippen LogP contribution in [0.3, 0.4) is 0 Å². The summed E-state index contributed by atoms with van der Waals surface area (Å²) in [5, 5.41) is 18.4. The highest BCUT2D eigenvalue weighted by atomic mass is 16.5. The molecule has 0 atom stereocenters. The van der Waals surface area contributed by atoms with Crippen LogP contribution in [0.15, 0.2) is 12.1 Å². The van der Waals surface area contributed by atoms with E-state index in [9.17, 15) is 5.11 Å². The fourth-order valence-corrected chi connectivity index (χ4v) is 1.20. The van der Waals surface area contributed by atoms with Crippen LogP contribution in [0.1, 0.15) is 12.5 Å². The van der Waals surface area contributed by atoms with Crippen molar-refractivity contribution in [3.8, 4) is 17.2 Å². The summed E-state index contributed by atoms with van der Waals surface area (Å²) in [4.78, 5) is 0. The second kappa shape index (κ2) is 4.72. The molecule has 14 heavy (non-hydrogen) atoms. The standard InChI is InChI=1S/C10H14O4/c1-3-14-9-5-7(6-11)4-8(12)10(9)13-2/h4-5,11-12H,3,6H2,1-2H3. The van der Waals surface area contributed by atoms with E-state index >= 15 is 0 Å². The predicted octanol–water partition coefficient (Wildman–Crippen LogP) is 1.29. The molecule has 0 spiro atoms. The van der Waals surface area contributed by atoms with Crippen molar-refractivity contribution in [1.29, 1.82) is 0 Å². The average Bonchev–Trinajstić information content (AvgIpc) is 2.18. The van der Waals surface area contributed by atoms with Gasteiger partial charge in [0.1, 0.15) is 0 Å². The molecule has 1 aromatic carbocycles. The van der Waals surface area contributed by atoms with Gasteiger partial charge >= 0.3 is 0 Å². The van der Waals surface area contributed by atoms with E-state index < -0.39 is 0 Å². The Labute approximate surface area is 82.7 Å². The number of ether oxygens (including phenoxy) is 2. The first-order chi connectivity index (χ1) is 6.72. The van der Waals surface area contributed by atoms with Gasteiger partial charge in [0, 0.05) is 0 Å². The highest BCUT2D eigenvalue weighted by Crippen LogP contribution is 2.37. The van der Waals surface area contributed by atoms with Crippen molar-refractivity contribution >= 4 is 0 Å². The normalized spacial score (nSPS) is 9.93. The van der Waals surface area contributed by atoms with Crippen LogP contribution in [-0.2, 0) is 6.61 Å². The zero-order chi connectivity index (χ0) is 10.6. The summed E-state index contributed by atoms with van der Waals surface area (Å²) in [5.74, 6) is 0.714. The minimum absolute atomic E-state index is 0.0255. The van der Waals surface area contributed by atoms with Crippen molar-refractivity contribution in [2.75, 3.05) is 13.7 Å². The first-order valence-corrected chi connectivity index (χ1v) is 4.36. The number of rotatable bonds is 4. The number of aromatic hydroxyl groups is 1. The predicted molar refractivity (Wildman–Crippen MR) is 51.8 cm³/mol. The van der Waals surface area contributed by atoms with Crippen molar-refractivity contribution in [3.05, 3.63) is 17.7 Å². The number of benzene rings is 1. The van der Waals surface area contributed by atoms with Crippen LogP contribution in [0.2, 0.25) is 0 Å². The summed E-state index contributed by atoms with van der Waals surface area (Å²) in [6.45, 7) is 2.17. The molecule has 1 rings (SSSR count). The molecule has 0 heterocycles. The van der Waals surface area contributed by atoms with Gasteiger partial charge in [-0.25, -0.2) is 0 Å². The number of aliphatic hydroxyl groups is 1. The third-order valence-electron chi connectivity index (χ3n) is 1.78. The van der Waals surface area contributed by atoms with E-state index in [0.29, 0.717) is 23.7 Å². The Balaban J connectivity index is 3.13. The quantitative estimate of drug-likeness (QED) is 0.765. The molecule has 4 nitrogen and oxygen atoms in total. The molecule has 0 aliphatic heterocycles. The number of hydrogen-bond acceptors (Lipinski definition) is 4. The zero-order valence-electron chi connectivity index (χ0n) is 8.28. The highest BCUT2D eigenvalue weighted by Gasteiger charge is 2.11. The maximum atomic E-state index is 9.51. The lowest BCUT2D eigenvalue weighted by atomic mass is 10.2. The fourth-order valence-electron chi connectivity index (χ4n) is 1.20. The van der Waals surface area contributed by atoms with Crippen molar-refractivity contribution in [2.24, 2.45) is 0 Å². The number of aliphatic hydroxyl groups excluding tert-OH is 1. The third kappa shape index (κ3) is 2.09. The van der Waals surface area contributed by atoms with Crippen molar-refractivity contribution in [3.63, 3.8) is 0 Å². The fraction of sp³-hybridized carbons (Fsp3) is 0.400. The zero-order valence-corrected chi connectivity index (χ0v) is 8.28. The molecule has 0 aliphatic carbocycles. The lowest BCUT2D eigenvalue weighted by molar-refractivity contribution is 0.274. The Morgan fingerprint density at radius 1 is 1.36 bits per heavy atom. The maximum Gasteiger partial charge on any atom is 0.203 e. The second-order valence-electron chi connectivity index (χ2n) is 2.74. The Morgan fingerprint density at radius 2 is 2.07 bits per heavy atom. The van der Waals surface area contributed by atoms with Crippen LogP contribution < -0.4 is 9.47 Å². The van der Waals surface area contributed by atoms with Crippen LogP contribution in [0, 0.1) is 0 Å². The highest BCUT2D eigenvalue weighted by molar-refractivity contribution is 5.52. The maximum absolute atomic E-state index is 9.51. The average molecular weight is 198 g/mol. The lowest BCUT2D eigenvalue weighted by Gasteiger charge is -2.11. The van der Waals surface area contributed by atoms with Gasteiger partial charge in [0.25, 0.3) is 0 Å². The van der Waals surface area contributed by atoms with E-state index in [-0.39, 0.29) is 12.4 Å². The second-order valence-corrected chi connectivity index (χ2v) is 2.74. The van der Waals surface area contributed by atoms with Gasteiger partial charge in [-0.1, -0.05) is 0 Å². The minimum atomic E-state index is -0.141. The first-order valence-electron chi connectivity index (χ1n) is 4.36. The molecule has 0 saturated heterocycles. The molecule has 0 amide bonds. The molecular weight excluding hydrogens is 184 g/mol.